The third kappa shape index (κ3) is 4.34. The monoisotopic (exact) mass is 420 g/mol. The summed E-state index contributed by atoms with van der Waals surface area (Å²) >= 11 is 11.6. The molecule has 0 aliphatic carbocycles. The first-order valence-electron chi connectivity index (χ1n) is 8.93. The number of hydrogen-bond donors (Lipinski definition) is 2. The van der Waals surface area contributed by atoms with Crippen LogP contribution in [-0.2, 0) is 19.6 Å². The van der Waals surface area contributed by atoms with Crippen LogP contribution in [0.25, 0.3) is 0 Å². The molecule has 0 spiro atoms. The largest absolute Gasteiger partial charge is 0.357 e. The molecule has 0 fully saturated rings. The third-order valence-corrected chi connectivity index (χ3v) is 5.12. The summed E-state index contributed by atoms with van der Waals surface area (Å²) < 4.78 is 17.7. The SMILES string of the molecule is CCn1nccc1CNC(=S)Nc1c(C)nn(Cc2c(F)cccc2Cl)c1C. The lowest BCUT2D eigenvalue weighted by Crippen LogP contribution is -2.29. The fraction of sp³-hybridized carbons (Fsp3) is 0.316. The molecule has 9 heteroatoms. The van der Waals surface area contributed by atoms with Gasteiger partial charge in [0.15, 0.2) is 5.11 Å². The summed E-state index contributed by atoms with van der Waals surface area (Å²) in [4.78, 5) is 0. The minimum absolute atomic E-state index is 0.246. The predicted molar refractivity (Wildman–Crippen MR) is 113 cm³/mol. The van der Waals surface area contributed by atoms with E-state index in [9.17, 15) is 4.39 Å². The molecule has 0 radical (unpaired) electrons. The van der Waals surface area contributed by atoms with Crippen LogP contribution in [-0.4, -0.2) is 24.7 Å². The molecule has 2 heterocycles. The van der Waals surface area contributed by atoms with Crippen molar-refractivity contribution in [3.63, 3.8) is 0 Å². The Labute approximate surface area is 173 Å². The average Bonchev–Trinajstić information content (AvgIpc) is 3.22. The van der Waals surface area contributed by atoms with E-state index in [4.69, 9.17) is 23.8 Å². The summed E-state index contributed by atoms with van der Waals surface area (Å²) in [5.74, 6) is -0.348. The smallest absolute Gasteiger partial charge is 0.171 e. The summed E-state index contributed by atoms with van der Waals surface area (Å²) in [5.41, 5.74) is 3.88. The molecule has 2 aromatic heterocycles. The van der Waals surface area contributed by atoms with E-state index in [-0.39, 0.29) is 12.4 Å². The second-order valence-electron chi connectivity index (χ2n) is 6.35. The summed E-state index contributed by atoms with van der Waals surface area (Å²) in [6.07, 6.45) is 1.77. The highest BCUT2D eigenvalue weighted by Gasteiger charge is 2.16. The molecular weight excluding hydrogens is 399 g/mol. The maximum Gasteiger partial charge on any atom is 0.171 e. The van der Waals surface area contributed by atoms with Gasteiger partial charge in [-0.1, -0.05) is 17.7 Å². The zero-order valence-corrected chi connectivity index (χ0v) is 17.5. The van der Waals surface area contributed by atoms with Gasteiger partial charge < -0.3 is 10.6 Å². The quantitative estimate of drug-likeness (QED) is 0.589. The first kappa shape index (κ1) is 20.3. The van der Waals surface area contributed by atoms with Crippen molar-refractivity contribution in [1.82, 2.24) is 24.9 Å². The standard InChI is InChI=1S/C19H22ClFN6S/c1-4-26-14(8-9-23-26)10-22-19(28)24-18-12(2)25-27(13(18)3)11-15-16(20)6-5-7-17(15)21/h5-9H,4,10-11H2,1-3H3,(H2,22,24,28). The molecule has 0 unspecified atom stereocenters. The molecule has 0 atom stereocenters. The minimum Gasteiger partial charge on any atom is -0.357 e. The Bertz CT molecular complexity index is 976. The van der Waals surface area contributed by atoms with Crippen molar-refractivity contribution >= 4 is 34.6 Å². The molecule has 6 nitrogen and oxygen atoms in total. The van der Waals surface area contributed by atoms with Gasteiger partial charge in [0.05, 0.1) is 35.9 Å². The van der Waals surface area contributed by atoms with Crippen molar-refractivity contribution in [2.45, 2.75) is 40.4 Å². The Morgan fingerprint density at radius 2 is 2.04 bits per heavy atom. The number of halogens is 2. The minimum atomic E-state index is -0.348. The van der Waals surface area contributed by atoms with Gasteiger partial charge in [0.25, 0.3) is 0 Å². The van der Waals surface area contributed by atoms with Crippen molar-refractivity contribution in [3.05, 3.63) is 63.9 Å². The lowest BCUT2D eigenvalue weighted by molar-refractivity contribution is 0.579. The summed E-state index contributed by atoms with van der Waals surface area (Å²) in [6.45, 7) is 7.44. The van der Waals surface area contributed by atoms with Crippen LogP contribution in [0.2, 0.25) is 5.02 Å². The van der Waals surface area contributed by atoms with Crippen molar-refractivity contribution in [1.29, 1.82) is 0 Å². The van der Waals surface area contributed by atoms with E-state index < -0.39 is 0 Å². The van der Waals surface area contributed by atoms with E-state index in [0.29, 0.717) is 22.2 Å². The molecular formula is C19H22ClFN6S. The highest BCUT2D eigenvalue weighted by atomic mass is 35.5. The summed E-state index contributed by atoms with van der Waals surface area (Å²) in [6, 6.07) is 6.60. The maximum absolute atomic E-state index is 14.1. The van der Waals surface area contributed by atoms with E-state index in [0.717, 1.165) is 29.3 Å². The molecule has 3 rings (SSSR count). The van der Waals surface area contributed by atoms with Crippen LogP contribution in [0.4, 0.5) is 10.1 Å². The molecule has 1 aromatic carbocycles. The van der Waals surface area contributed by atoms with E-state index in [1.807, 2.05) is 31.5 Å². The van der Waals surface area contributed by atoms with Crippen LogP contribution in [0.5, 0.6) is 0 Å². The highest BCUT2D eigenvalue weighted by molar-refractivity contribution is 7.80. The molecule has 28 heavy (non-hydrogen) atoms. The topological polar surface area (TPSA) is 59.7 Å². The number of nitrogens with one attached hydrogen (secondary N) is 2. The van der Waals surface area contributed by atoms with Gasteiger partial charge in [-0.2, -0.15) is 10.2 Å². The molecule has 0 saturated carbocycles. The van der Waals surface area contributed by atoms with Gasteiger partial charge in [0, 0.05) is 23.3 Å². The number of thiocarbonyl (C=S) groups is 1. The Morgan fingerprint density at radius 3 is 2.75 bits per heavy atom. The lowest BCUT2D eigenvalue weighted by Gasteiger charge is -2.12. The first-order valence-corrected chi connectivity index (χ1v) is 9.71. The van der Waals surface area contributed by atoms with Crippen molar-refractivity contribution in [2.75, 3.05) is 5.32 Å². The Kier molecular flexibility index (Phi) is 6.31. The Balaban J connectivity index is 1.70. The molecule has 2 N–H and O–H groups in total. The molecule has 0 aliphatic rings. The normalized spacial score (nSPS) is 10.9. The summed E-state index contributed by atoms with van der Waals surface area (Å²) in [5, 5.41) is 16.0. The van der Waals surface area contributed by atoms with E-state index >= 15 is 0 Å². The number of anilines is 1. The first-order chi connectivity index (χ1) is 13.4. The Morgan fingerprint density at radius 1 is 1.25 bits per heavy atom. The molecule has 0 saturated heterocycles. The average molecular weight is 421 g/mol. The van der Waals surface area contributed by atoms with Crippen molar-refractivity contribution in [3.8, 4) is 0 Å². The van der Waals surface area contributed by atoms with E-state index in [1.54, 1.807) is 23.0 Å². The number of hydrogen-bond acceptors (Lipinski definition) is 3. The summed E-state index contributed by atoms with van der Waals surface area (Å²) in [7, 11) is 0. The van der Waals surface area contributed by atoms with Crippen molar-refractivity contribution in [2.24, 2.45) is 0 Å². The fourth-order valence-electron chi connectivity index (χ4n) is 2.99. The van der Waals surface area contributed by atoms with Gasteiger partial charge >= 0.3 is 0 Å². The van der Waals surface area contributed by atoms with Crippen LogP contribution in [0.1, 0.15) is 29.6 Å². The molecule has 0 bridgehead atoms. The van der Waals surface area contributed by atoms with Crippen LogP contribution in [0.15, 0.2) is 30.5 Å². The van der Waals surface area contributed by atoms with Crippen molar-refractivity contribution < 1.29 is 4.39 Å². The predicted octanol–water partition coefficient (Wildman–Crippen LogP) is 4.04. The van der Waals surface area contributed by atoms with Crippen LogP contribution < -0.4 is 10.6 Å². The highest BCUT2D eigenvalue weighted by Crippen LogP contribution is 2.24. The number of aryl methyl sites for hydroxylation is 2. The Hall–Kier alpha value is -2.45. The van der Waals surface area contributed by atoms with Gasteiger partial charge in [0.1, 0.15) is 5.82 Å². The van der Waals surface area contributed by atoms with Crippen LogP contribution in [0, 0.1) is 19.7 Å². The van der Waals surface area contributed by atoms with Gasteiger partial charge in [-0.05, 0) is 51.2 Å². The van der Waals surface area contributed by atoms with E-state index in [2.05, 4.69) is 20.8 Å². The molecule has 148 valence electrons. The van der Waals surface area contributed by atoms with Crippen LogP contribution >= 0.6 is 23.8 Å². The number of nitrogens with zero attached hydrogens (tertiary/aromatic N) is 4. The zero-order chi connectivity index (χ0) is 20.3. The third-order valence-electron chi connectivity index (χ3n) is 4.52. The van der Waals surface area contributed by atoms with E-state index in [1.165, 1.54) is 6.07 Å². The van der Waals surface area contributed by atoms with Gasteiger partial charge in [-0.25, -0.2) is 4.39 Å². The van der Waals surface area contributed by atoms with Gasteiger partial charge in [-0.3, -0.25) is 9.36 Å². The second-order valence-corrected chi connectivity index (χ2v) is 7.17. The van der Waals surface area contributed by atoms with Gasteiger partial charge in [-0.15, -0.1) is 0 Å². The zero-order valence-electron chi connectivity index (χ0n) is 16.0. The number of rotatable bonds is 6. The fourth-order valence-corrected chi connectivity index (χ4v) is 3.39. The molecule has 0 amide bonds. The molecule has 0 aliphatic heterocycles. The second kappa shape index (κ2) is 8.70. The lowest BCUT2D eigenvalue weighted by atomic mass is 10.2. The maximum atomic E-state index is 14.1. The van der Waals surface area contributed by atoms with Gasteiger partial charge in [0.2, 0.25) is 0 Å². The number of aromatic nitrogens is 4. The molecule has 3 aromatic rings. The number of benzene rings is 1. The van der Waals surface area contributed by atoms with Crippen LogP contribution in [0.3, 0.4) is 0 Å².